The molecule has 0 fully saturated rings. The van der Waals surface area contributed by atoms with Crippen molar-refractivity contribution in [2.24, 2.45) is 0 Å². The highest BCUT2D eigenvalue weighted by atomic mass is 16.4. The van der Waals surface area contributed by atoms with Crippen molar-refractivity contribution in [3.05, 3.63) is 72.1 Å². The first-order valence-corrected chi connectivity index (χ1v) is 7.84. The van der Waals surface area contributed by atoms with Gasteiger partial charge in [0.15, 0.2) is 0 Å². The fourth-order valence-corrected chi connectivity index (χ4v) is 2.36. The summed E-state index contributed by atoms with van der Waals surface area (Å²) in [5.74, 6) is 1.39. The number of amides is 2. The zero-order valence-electron chi connectivity index (χ0n) is 13.5. The highest BCUT2D eigenvalue weighted by molar-refractivity contribution is 5.89. The van der Waals surface area contributed by atoms with Crippen molar-refractivity contribution in [3.63, 3.8) is 0 Å². The molecule has 0 saturated heterocycles. The van der Waals surface area contributed by atoms with E-state index in [0.29, 0.717) is 18.9 Å². The first-order valence-electron chi connectivity index (χ1n) is 7.84. The van der Waals surface area contributed by atoms with E-state index in [2.05, 4.69) is 15.6 Å². The van der Waals surface area contributed by atoms with Crippen LogP contribution in [0, 0.1) is 6.92 Å². The molecule has 5 nitrogen and oxygen atoms in total. The van der Waals surface area contributed by atoms with Crippen molar-refractivity contribution in [1.82, 2.24) is 10.3 Å². The molecule has 0 bridgehead atoms. The summed E-state index contributed by atoms with van der Waals surface area (Å²) in [5, 5.41) is 5.60. The normalized spacial score (nSPS) is 10.4. The molecule has 0 atom stereocenters. The number of nitrogens with zero attached hydrogens (tertiary/aromatic N) is 1. The summed E-state index contributed by atoms with van der Waals surface area (Å²) in [4.78, 5) is 16.4. The minimum Gasteiger partial charge on any atom is -0.441 e. The van der Waals surface area contributed by atoms with Crippen LogP contribution in [0.1, 0.15) is 11.5 Å². The van der Waals surface area contributed by atoms with Crippen LogP contribution in [0.3, 0.4) is 0 Å². The Morgan fingerprint density at radius 2 is 1.71 bits per heavy atom. The lowest BCUT2D eigenvalue weighted by molar-refractivity contribution is 0.252. The lowest BCUT2D eigenvalue weighted by Gasteiger charge is -2.06. The standard InChI is InChI=1S/C19H19N3O2/c1-14-17(22-18(24-14)15-8-4-2-5-9-15)12-13-20-19(23)21-16-10-6-3-7-11-16/h2-11H,12-13H2,1H3,(H2,20,21,23). The number of anilines is 1. The fourth-order valence-electron chi connectivity index (χ4n) is 2.36. The van der Waals surface area contributed by atoms with Crippen LogP contribution in [0.25, 0.3) is 11.5 Å². The van der Waals surface area contributed by atoms with Gasteiger partial charge in [0.1, 0.15) is 5.76 Å². The number of nitrogens with one attached hydrogen (secondary N) is 2. The molecular weight excluding hydrogens is 302 g/mol. The predicted molar refractivity (Wildman–Crippen MR) is 93.8 cm³/mol. The summed E-state index contributed by atoms with van der Waals surface area (Å²) in [6.45, 7) is 2.37. The summed E-state index contributed by atoms with van der Waals surface area (Å²) in [5.41, 5.74) is 2.56. The molecule has 3 aromatic rings. The van der Waals surface area contributed by atoms with E-state index in [1.54, 1.807) is 0 Å². The summed E-state index contributed by atoms with van der Waals surface area (Å²) in [6.07, 6.45) is 0.615. The Balaban J connectivity index is 1.54. The van der Waals surface area contributed by atoms with Crippen LogP contribution in [-0.2, 0) is 6.42 Å². The van der Waals surface area contributed by atoms with Gasteiger partial charge < -0.3 is 15.1 Å². The largest absolute Gasteiger partial charge is 0.441 e. The van der Waals surface area contributed by atoms with Gasteiger partial charge in [0.25, 0.3) is 0 Å². The van der Waals surface area contributed by atoms with Gasteiger partial charge in [-0.3, -0.25) is 0 Å². The topological polar surface area (TPSA) is 67.2 Å². The molecule has 0 aliphatic heterocycles. The van der Waals surface area contributed by atoms with Gasteiger partial charge >= 0.3 is 6.03 Å². The molecule has 0 saturated carbocycles. The SMILES string of the molecule is Cc1oc(-c2ccccc2)nc1CCNC(=O)Nc1ccccc1. The van der Waals surface area contributed by atoms with Crippen LogP contribution in [0.4, 0.5) is 10.5 Å². The van der Waals surface area contributed by atoms with E-state index in [4.69, 9.17) is 4.42 Å². The van der Waals surface area contributed by atoms with Crippen molar-refractivity contribution < 1.29 is 9.21 Å². The van der Waals surface area contributed by atoms with E-state index in [0.717, 1.165) is 22.7 Å². The molecule has 2 amide bonds. The summed E-state index contributed by atoms with van der Waals surface area (Å²) < 4.78 is 5.71. The van der Waals surface area contributed by atoms with Crippen LogP contribution < -0.4 is 10.6 Å². The molecule has 0 spiro atoms. The Hall–Kier alpha value is -3.08. The van der Waals surface area contributed by atoms with E-state index in [9.17, 15) is 4.79 Å². The Bertz CT molecular complexity index is 798. The molecule has 0 unspecified atom stereocenters. The Morgan fingerprint density at radius 1 is 1.04 bits per heavy atom. The highest BCUT2D eigenvalue weighted by Gasteiger charge is 2.11. The number of carbonyl (C=O) groups excluding carboxylic acids is 1. The third-order valence-corrected chi connectivity index (χ3v) is 3.59. The van der Waals surface area contributed by atoms with Gasteiger partial charge in [-0.25, -0.2) is 9.78 Å². The molecule has 24 heavy (non-hydrogen) atoms. The van der Waals surface area contributed by atoms with Crippen molar-refractivity contribution in [2.45, 2.75) is 13.3 Å². The molecule has 1 heterocycles. The Morgan fingerprint density at radius 3 is 2.42 bits per heavy atom. The predicted octanol–water partition coefficient (Wildman–Crippen LogP) is 4.01. The molecule has 0 radical (unpaired) electrons. The zero-order valence-corrected chi connectivity index (χ0v) is 13.5. The van der Waals surface area contributed by atoms with Crippen molar-refractivity contribution >= 4 is 11.7 Å². The summed E-state index contributed by atoms with van der Waals surface area (Å²) in [6, 6.07) is 18.9. The lowest BCUT2D eigenvalue weighted by Crippen LogP contribution is -2.30. The van der Waals surface area contributed by atoms with Gasteiger partial charge in [-0.1, -0.05) is 36.4 Å². The van der Waals surface area contributed by atoms with Crippen molar-refractivity contribution in [2.75, 3.05) is 11.9 Å². The van der Waals surface area contributed by atoms with Crippen LogP contribution in [0.5, 0.6) is 0 Å². The lowest BCUT2D eigenvalue weighted by atomic mass is 10.2. The maximum Gasteiger partial charge on any atom is 0.319 e. The Labute approximate surface area is 140 Å². The number of aromatic nitrogens is 1. The van der Waals surface area contributed by atoms with E-state index in [1.165, 1.54) is 0 Å². The van der Waals surface area contributed by atoms with E-state index >= 15 is 0 Å². The number of carbonyl (C=O) groups is 1. The minimum absolute atomic E-state index is 0.231. The van der Waals surface area contributed by atoms with Crippen LogP contribution in [-0.4, -0.2) is 17.6 Å². The zero-order chi connectivity index (χ0) is 16.8. The molecule has 122 valence electrons. The molecule has 0 aliphatic rings. The maximum absolute atomic E-state index is 11.8. The number of hydrogen-bond donors (Lipinski definition) is 2. The van der Waals surface area contributed by atoms with Gasteiger partial charge in [0, 0.05) is 24.2 Å². The van der Waals surface area contributed by atoms with Gasteiger partial charge in [-0.05, 0) is 31.2 Å². The highest BCUT2D eigenvalue weighted by Crippen LogP contribution is 2.21. The first-order chi connectivity index (χ1) is 11.7. The molecular formula is C19H19N3O2. The van der Waals surface area contributed by atoms with Gasteiger partial charge in [0.05, 0.1) is 5.69 Å². The smallest absolute Gasteiger partial charge is 0.319 e. The van der Waals surface area contributed by atoms with Gasteiger partial charge in [-0.15, -0.1) is 0 Å². The third-order valence-electron chi connectivity index (χ3n) is 3.59. The number of urea groups is 1. The van der Waals surface area contributed by atoms with Crippen LogP contribution in [0.15, 0.2) is 65.1 Å². The van der Waals surface area contributed by atoms with Crippen LogP contribution >= 0.6 is 0 Å². The summed E-state index contributed by atoms with van der Waals surface area (Å²) >= 11 is 0. The van der Waals surface area contributed by atoms with Crippen molar-refractivity contribution in [1.29, 1.82) is 0 Å². The number of benzene rings is 2. The number of rotatable bonds is 5. The second kappa shape index (κ2) is 7.46. The van der Waals surface area contributed by atoms with Crippen LogP contribution in [0.2, 0.25) is 0 Å². The minimum atomic E-state index is -0.231. The summed E-state index contributed by atoms with van der Waals surface area (Å²) in [7, 11) is 0. The van der Waals surface area contributed by atoms with Crippen molar-refractivity contribution in [3.8, 4) is 11.5 Å². The van der Waals surface area contributed by atoms with E-state index in [-0.39, 0.29) is 6.03 Å². The number of aryl methyl sites for hydroxylation is 1. The third kappa shape index (κ3) is 4.01. The second-order valence-corrected chi connectivity index (χ2v) is 5.38. The average Bonchev–Trinajstić information content (AvgIpc) is 2.98. The van der Waals surface area contributed by atoms with E-state index in [1.807, 2.05) is 67.6 Å². The monoisotopic (exact) mass is 321 g/mol. The number of oxazole rings is 1. The second-order valence-electron chi connectivity index (χ2n) is 5.38. The quantitative estimate of drug-likeness (QED) is 0.746. The molecule has 2 N–H and O–H groups in total. The Kier molecular flexibility index (Phi) is 4.91. The number of hydrogen-bond acceptors (Lipinski definition) is 3. The maximum atomic E-state index is 11.8. The molecule has 1 aromatic heterocycles. The van der Waals surface area contributed by atoms with E-state index < -0.39 is 0 Å². The van der Waals surface area contributed by atoms with Gasteiger partial charge in [-0.2, -0.15) is 0 Å². The molecule has 5 heteroatoms. The number of para-hydroxylation sites is 1. The fraction of sp³-hybridized carbons (Fsp3) is 0.158. The molecule has 0 aliphatic carbocycles. The first kappa shape index (κ1) is 15.8. The van der Waals surface area contributed by atoms with Gasteiger partial charge in [0.2, 0.25) is 5.89 Å². The molecule has 2 aromatic carbocycles. The molecule has 3 rings (SSSR count). The average molecular weight is 321 g/mol.